The summed E-state index contributed by atoms with van der Waals surface area (Å²) in [5.74, 6) is -0.925. The van der Waals surface area contributed by atoms with Crippen LogP contribution in [-0.4, -0.2) is 21.9 Å². The predicted octanol–water partition coefficient (Wildman–Crippen LogP) is 4.97. The van der Waals surface area contributed by atoms with Gasteiger partial charge in [-0.05, 0) is 54.8 Å². The van der Waals surface area contributed by atoms with Gasteiger partial charge in [0, 0.05) is 28.4 Å². The van der Waals surface area contributed by atoms with Crippen LogP contribution in [0, 0.1) is 13.8 Å². The van der Waals surface area contributed by atoms with Crippen molar-refractivity contribution in [3.05, 3.63) is 82.4 Å². The smallest absolute Gasteiger partial charge is 0.335 e. The van der Waals surface area contributed by atoms with Gasteiger partial charge in [0.2, 0.25) is 0 Å². The standard InChI is InChI=1S/C23H19NO3/c1-14-11-18(13-25)15(2)21-19-5-3-4-6-20(19)24(22(14)21)12-16-7-9-17(10-8-16)23(26)27/h3-11,13H,12H2,1-2H3,(H,26,27). The van der Waals surface area contributed by atoms with E-state index in [4.69, 9.17) is 5.11 Å². The zero-order chi connectivity index (χ0) is 19.1. The highest BCUT2D eigenvalue weighted by Crippen LogP contribution is 2.35. The first-order valence-electron chi connectivity index (χ1n) is 8.80. The fraction of sp³-hybridized carbons (Fsp3) is 0.130. The van der Waals surface area contributed by atoms with Gasteiger partial charge in [0.05, 0.1) is 11.1 Å². The van der Waals surface area contributed by atoms with E-state index in [1.165, 1.54) is 0 Å². The lowest BCUT2D eigenvalue weighted by molar-refractivity contribution is 0.0696. The molecule has 0 saturated carbocycles. The van der Waals surface area contributed by atoms with Crippen molar-refractivity contribution in [2.45, 2.75) is 20.4 Å². The van der Waals surface area contributed by atoms with Crippen molar-refractivity contribution < 1.29 is 14.7 Å². The molecule has 134 valence electrons. The number of aromatic carboxylic acids is 1. The molecule has 4 nitrogen and oxygen atoms in total. The van der Waals surface area contributed by atoms with Gasteiger partial charge < -0.3 is 9.67 Å². The molecule has 0 spiro atoms. The molecule has 0 saturated heterocycles. The van der Waals surface area contributed by atoms with Crippen LogP contribution >= 0.6 is 0 Å². The molecule has 4 aromatic rings. The van der Waals surface area contributed by atoms with Gasteiger partial charge >= 0.3 is 5.97 Å². The van der Waals surface area contributed by atoms with Crippen LogP contribution in [0.4, 0.5) is 0 Å². The van der Waals surface area contributed by atoms with Crippen molar-refractivity contribution in [2.75, 3.05) is 0 Å². The van der Waals surface area contributed by atoms with E-state index in [1.807, 2.05) is 44.2 Å². The Hall–Kier alpha value is -3.40. The van der Waals surface area contributed by atoms with Crippen molar-refractivity contribution in [2.24, 2.45) is 0 Å². The first-order valence-corrected chi connectivity index (χ1v) is 8.80. The molecule has 0 bridgehead atoms. The van der Waals surface area contributed by atoms with Crippen molar-refractivity contribution in [1.82, 2.24) is 4.57 Å². The van der Waals surface area contributed by atoms with Crippen LogP contribution in [0.1, 0.15) is 37.4 Å². The minimum absolute atomic E-state index is 0.281. The van der Waals surface area contributed by atoms with Crippen molar-refractivity contribution >= 4 is 34.1 Å². The Morgan fingerprint density at radius 3 is 2.44 bits per heavy atom. The lowest BCUT2D eigenvalue weighted by atomic mass is 9.99. The van der Waals surface area contributed by atoms with E-state index in [2.05, 4.69) is 16.7 Å². The molecule has 0 fully saturated rings. The quantitative estimate of drug-likeness (QED) is 0.525. The Kier molecular flexibility index (Phi) is 4.04. The maximum atomic E-state index is 11.5. The number of benzene rings is 3. The number of rotatable bonds is 4. The highest BCUT2D eigenvalue weighted by molar-refractivity contribution is 6.12. The molecule has 4 rings (SSSR count). The van der Waals surface area contributed by atoms with Crippen LogP contribution in [-0.2, 0) is 6.54 Å². The van der Waals surface area contributed by atoms with Crippen LogP contribution < -0.4 is 0 Å². The van der Waals surface area contributed by atoms with Gasteiger partial charge in [-0.25, -0.2) is 4.79 Å². The largest absolute Gasteiger partial charge is 0.478 e. The van der Waals surface area contributed by atoms with Crippen molar-refractivity contribution in [3.8, 4) is 0 Å². The average Bonchev–Trinajstić information content (AvgIpc) is 3.00. The minimum Gasteiger partial charge on any atom is -0.478 e. The number of fused-ring (bicyclic) bond motifs is 3. The zero-order valence-electron chi connectivity index (χ0n) is 15.2. The SMILES string of the molecule is Cc1c(C=O)cc(C)c2c1c1ccccc1n2Cc1ccc(C(=O)O)cc1. The number of para-hydroxylation sites is 1. The fourth-order valence-corrected chi connectivity index (χ4v) is 3.87. The van der Waals surface area contributed by atoms with E-state index in [0.29, 0.717) is 12.1 Å². The molecule has 1 aromatic heterocycles. The third-order valence-electron chi connectivity index (χ3n) is 5.19. The summed E-state index contributed by atoms with van der Waals surface area (Å²) in [6.07, 6.45) is 0.915. The summed E-state index contributed by atoms with van der Waals surface area (Å²) >= 11 is 0. The average molecular weight is 357 g/mol. The lowest BCUT2D eigenvalue weighted by Crippen LogP contribution is -2.02. The summed E-state index contributed by atoms with van der Waals surface area (Å²) < 4.78 is 2.25. The molecular formula is C23H19NO3. The fourth-order valence-electron chi connectivity index (χ4n) is 3.87. The van der Waals surface area contributed by atoms with E-state index < -0.39 is 5.97 Å². The van der Waals surface area contributed by atoms with Gasteiger partial charge in [-0.2, -0.15) is 0 Å². The lowest BCUT2D eigenvalue weighted by Gasteiger charge is -2.11. The zero-order valence-corrected chi connectivity index (χ0v) is 15.2. The summed E-state index contributed by atoms with van der Waals surface area (Å²) in [5.41, 5.74) is 6.28. The van der Waals surface area contributed by atoms with E-state index in [0.717, 1.165) is 44.8 Å². The molecular weight excluding hydrogens is 338 g/mol. The molecule has 0 radical (unpaired) electrons. The molecule has 4 heteroatoms. The molecule has 1 N–H and O–H groups in total. The van der Waals surface area contributed by atoms with E-state index in [-0.39, 0.29) is 5.56 Å². The van der Waals surface area contributed by atoms with Crippen LogP contribution in [0.15, 0.2) is 54.6 Å². The molecule has 27 heavy (non-hydrogen) atoms. The van der Waals surface area contributed by atoms with Crippen LogP contribution in [0.25, 0.3) is 21.8 Å². The Balaban J connectivity index is 1.97. The number of aldehydes is 1. The topological polar surface area (TPSA) is 59.3 Å². The third-order valence-corrected chi connectivity index (χ3v) is 5.19. The third kappa shape index (κ3) is 2.70. The maximum absolute atomic E-state index is 11.5. The van der Waals surface area contributed by atoms with Crippen molar-refractivity contribution in [3.63, 3.8) is 0 Å². The Bertz CT molecular complexity index is 1200. The van der Waals surface area contributed by atoms with Gasteiger partial charge in [-0.3, -0.25) is 4.79 Å². The number of hydrogen-bond donors (Lipinski definition) is 1. The number of nitrogens with zero attached hydrogens (tertiary/aromatic N) is 1. The highest BCUT2D eigenvalue weighted by atomic mass is 16.4. The Morgan fingerprint density at radius 2 is 1.78 bits per heavy atom. The van der Waals surface area contributed by atoms with Crippen LogP contribution in [0.2, 0.25) is 0 Å². The van der Waals surface area contributed by atoms with E-state index >= 15 is 0 Å². The first kappa shape index (κ1) is 17.0. The predicted molar refractivity (Wildman–Crippen MR) is 107 cm³/mol. The molecule has 3 aromatic carbocycles. The first-order chi connectivity index (χ1) is 13.0. The molecule has 0 atom stereocenters. The molecule has 1 heterocycles. The molecule has 0 amide bonds. The highest BCUT2D eigenvalue weighted by Gasteiger charge is 2.17. The summed E-state index contributed by atoms with van der Waals surface area (Å²) in [6, 6.07) is 17.1. The van der Waals surface area contributed by atoms with Gasteiger partial charge in [0.1, 0.15) is 6.29 Å². The number of carboxylic acid groups (broad SMARTS) is 1. The summed E-state index contributed by atoms with van der Waals surface area (Å²) in [4.78, 5) is 22.6. The van der Waals surface area contributed by atoms with Gasteiger partial charge in [-0.1, -0.05) is 30.3 Å². The maximum Gasteiger partial charge on any atom is 0.335 e. The molecule has 0 unspecified atom stereocenters. The van der Waals surface area contributed by atoms with Gasteiger partial charge in [0.15, 0.2) is 0 Å². The molecule has 0 aliphatic heterocycles. The number of hydrogen-bond acceptors (Lipinski definition) is 2. The molecule has 0 aliphatic rings. The summed E-state index contributed by atoms with van der Waals surface area (Å²) in [6.45, 7) is 4.65. The number of aryl methyl sites for hydroxylation is 2. The second-order valence-corrected chi connectivity index (χ2v) is 6.85. The number of carboxylic acids is 1. The van der Waals surface area contributed by atoms with Crippen LogP contribution in [0.5, 0.6) is 0 Å². The second-order valence-electron chi connectivity index (χ2n) is 6.85. The number of carbonyl (C=O) groups is 2. The minimum atomic E-state index is -0.925. The van der Waals surface area contributed by atoms with E-state index in [1.54, 1.807) is 12.1 Å². The number of aromatic nitrogens is 1. The van der Waals surface area contributed by atoms with Crippen molar-refractivity contribution in [1.29, 1.82) is 0 Å². The van der Waals surface area contributed by atoms with Gasteiger partial charge in [0.25, 0.3) is 0 Å². The Labute approximate surface area is 156 Å². The van der Waals surface area contributed by atoms with E-state index in [9.17, 15) is 9.59 Å². The summed E-state index contributed by atoms with van der Waals surface area (Å²) in [5, 5.41) is 11.3. The Morgan fingerprint density at radius 1 is 1.07 bits per heavy atom. The van der Waals surface area contributed by atoms with Crippen LogP contribution in [0.3, 0.4) is 0 Å². The molecule has 0 aliphatic carbocycles. The summed E-state index contributed by atoms with van der Waals surface area (Å²) in [7, 11) is 0. The second kappa shape index (κ2) is 6.40. The number of carbonyl (C=O) groups excluding carboxylic acids is 1. The monoisotopic (exact) mass is 357 g/mol. The van der Waals surface area contributed by atoms with Gasteiger partial charge in [-0.15, -0.1) is 0 Å². The normalized spacial score (nSPS) is 11.2.